The Kier molecular flexibility index (Phi) is 6.30. The highest BCUT2D eigenvalue weighted by Crippen LogP contribution is 2.34. The van der Waals surface area contributed by atoms with Crippen molar-refractivity contribution < 1.29 is 19.7 Å². The fourth-order valence-electron chi connectivity index (χ4n) is 4.68. The van der Waals surface area contributed by atoms with Crippen LogP contribution in [-0.2, 0) is 9.53 Å². The molecule has 10 nitrogen and oxygen atoms in total. The van der Waals surface area contributed by atoms with E-state index in [2.05, 4.69) is 25.7 Å². The molecule has 3 aromatic heterocycles. The predicted octanol–water partition coefficient (Wildman–Crippen LogP) is 1.31. The summed E-state index contributed by atoms with van der Waals surface area (Å²) in [5.41, 5.74) is 3.87. The van der Waals surface area contributed by atoms with Crippen LogP contribution in [0.1, 0.15) is 30.3 Å². The van der Waals surface area contributed by atoms with Gasteiger partial charge in [-0.2, -0.15) is 5.10 Å². The Morgan fingerprint density at radius 2 is 2.10 bits per heavy atom. The van der Waals surface area contributed by atoms with Gasteiger partial charge in [0.05, 0.1) is 24.5 Å². The number of morpholine rings is 1. The number of carboxylic acid groups (broad SMARTS) is 1. The fraction of sp³-hybridized carbons (Fsp3) is 0.524. The Balaban J connectivity index is 0.000000730. The molecular weight excluding hydrogens is 400 g/mol. The van der Waals surface area contributed by atoms with E-state index < -0.39 is 0 Å². The van der Waals surface area contributed by atoms with Gasteiger partial charge >= 0.3 is 0 Å². The first-order valence-corrected chi connectivity index (χ1v) is 10.4. The number of rotatable bonds is 4. The van der Waals surface area contributed by atoms with Crippen molar-refractivity contribution in [3.05, 3.63) is 36.0 Å². The van der Waals surface area contributed by atoms with E-state index in [1.54, 1.807) is 0 Å². The minimum absolute atomic E-state index is 0.136. The molecule has 2 aliphatic rings. The number of aryl methyl sites for hydroxylation is 2. The van der Waals surface area contributed by atoms with Gasteiger partial charge in [-0.15, -0.1) is 0 Å². The summed E-state index contributed by atoms with van der Waals surface area (Å²) in [6, 6.07) is 2.81. The van der Waals surface area contributed by atoms with Gasteiger partial charge in [-0.1, -0.05) is 0 Å². The molecule has 31 heavy (non-hydrogen) atoms. The molecule has 2 N–H and O–H groups in total. The smallest absolute Gasteiger partial charge is 0.290 e. The standard InChI is InChI=1S/C20H26N6O2.CH2O2/c1-13-7-14(2)26-20(23-13)18(9-22-26)19-21-4-5-25(19)15-8-16-12-28-17(3-6-27)11-24(16)10-15;2-1-3/h4-5,7,9,15-17,27H,3,6,8,10-12H2,1-2H3;1H,(H,2,3)/t15-,16-,17-;/m0./s1. The Morgan fingerprint density at radius 1 is 1.29 bits per heavy atom. The summed E-state index contributed by atoms with van der Waals surface area (Å²) in [4.78, 5) is 20.2. The van der Waals surface area contributed by atoms with Crippen LogP contribution in [0, 0.1) is 13.8 Å². The number of aliphatic hydroxyl groups is 1. The van der Waals surface area contributed by atoms with Crippen LogP contribution in [0.3, 0.4) is 0 Å². The summed E-state index contributed by atoms with van der Waals surface area (Å²) in [5, 5.41) is 20.6. The summed E-state index contributed by atoms with van der Waals surface area (Å²) >= 11 is 0. The van der Waals surface area contributed by atoms with Gasteiger partial charge in [-0.3, -0.25) is 9.69 Å². The van der Waals surface area contributed by atoms with Crippen molar-refractivity contribution >= 4 is 12.1 Å². The second-order valence-electron chi connectivity index (χ2n) is 8.06. The van der Waals surface area contributed by atoms with Crippen LogP contribution in [0.25, 0.3) is 17.0 Å². The van der Waals surface area contributed by atoms with Gasteiger partial charge in [0.25, 0.3) is 6.47 Å². The first kappa shape index (κ1) is 21.4. The van der Waals surface area contributed by atoms with Crippen LogP contribution in [0.2, 0.25) is 0 Å². The predicted molar refractivity (Wildman–Crippen MR) is 113 cm³/mol. The third-order valence-electron chi connectivity index (χ3n) is 6.00. The van der Waals surface area contributed by atoms with Crippen molar-refractivity contribution in [1.82, 2.24) is 29.0 Å². The Labute approximate surface area is 180 Å². The maximum absolute atomic E-state index is 9.20. The van der Waals surface area contributed by atoms with Crippen LogP contribution in [-0.4, -0.2) is 84.2 Å². The van der Waals surface area contributed by atoms with Crippen molar-refractivity contribution in [3.63, 3.8) is 0 Å². The molecule has 0 aromatic carbocycles. The zero-order chi connectivity index (χ0) is 22.0. The third-order valence-corrected chi connectivity index (χ3v) is 6.00. The average Bonchev–Trinajstić information content (AvgIpc) is 3.45. The van der Waals surface area contributed by atoms with E-state index in [-0.39, 0.29) is 19.2 Å². The molecule has 2 aliphatic heterocycles. The number of nitrogens with zero attached hydrogens (tertiary/aromatic N) is 6. The molecule has 3 atom stereocenters. The van der Waals surface area contributed by atoms with Crippen molar-refractivity contribution in [1.29, 1.82) is 0 Å². The van der Waals surface area contributed by atoms with Crippen molar-refractivity contribution in [2.75, 3.05) is 26.3 Å². The maximum Gasteiger partial charge on any atom is 0.290 e. The van der Waals surface area contributed by atoms with Gasteiger partial charge in [0.2, 0.25) is 0 Å². The number of ether oxygens (including phenoxy) is 1. The molecule has 3 aromatic rings. The monoisotopic (exact) mass is 428 g/mol. The summed E-state index contributed by atoms with van der Waals surface area (Å²) in [5.74, 6) is 0.921. The second-order valence-corrected chi connectivity index (χ2v) is 8.06. The highest BCUT2D eigenvalue weighted by molar-refractivity contribution is 5.72. The molecule has 0 bridgehead atoms. The maximum atomic E-state index is 9.20. The highest BCUT2D eigenvalue weighted by Gasteiger charge is 2.38. The normalized spacial score (nSPS) is 23.4. The van der Waals surface area contributed by atoms with E-state index in [0.717, 1.165) is 54.5 Å². The lowest BCUT2D eigenvalue weighted by atomic mass is 10.1. The van der Waals surface area contributed by atoms with Crippen LogP contribution >= 0.6 is 0 Å². The van der Waals surface area contributed by atoms with Crippen LogP contribution in [0.15, 0.2) is 24.7 Å². The lowest BCUT2D eigenvalue weighted by molar-refractivity contribution is -0.122. The van der Waals surface area contributed by atoms with Crippen LogP contribution < -0.4 is 0 Å². The number of aromatic nitrogens is 5. The molecule has 10 heteroatoms. The lowest BCUT2D eigenvalue weighted by Crippen LogP contribution is -2.46. The van der Waals surface area contributed by atoms with E-state index in [0.29, 0.717) is 18.5 Å². The minimum Gasteiger partial charge on any atom is -0.483 e. The van der Waals surface area contributed by atoms with E-state index in [9.17, 15) is 5.11 Å². The van der Waals surface area contributed by atoms with E-state index in [1.165, 1.54) is 0 Å². The van der Waals surface area contributed by atoms with Crippen LogP contribution in [0.5, 0.6) is 0 Å². The van der Waals surface area contributed by atoms with Gasteiger partial charge in [-0.05, 0) is 32.8 Å². The molecule has 2 fully saturated rings. The first-order chi connectivity index (χ1) is 15.0. The molecule has 0 radical (unpaired) electrons. The second kappa shape index (κ2) is 9.13. The summed E-state index contributed by atoms with van der Waals surface area (Å²) in [6.07, 6.45) is 7.69. The molecule has 0 saturated carbocycles. The molecule has 5 rings (SSSR count). The van der Waals surface area contributed by atoms with Crippen LogP contribution in [0.4, 0.5) is 0 Å². The van der Waals surface area contributed by atoms with Crippen molar-refractivity contribution in [3.8, 4) is 11.4 Å². The zero-order valence-corrected chi connectivity index (χ0v) is 17.8. The number of hydrogen-bond acceptors (Lipinski definition) is 7. The largest absolute Gasteiger partial charge is 0.483 e. The highest BCUT2D eigenvalue weighted by atomic mass is 16.5. The topological polar surface area (TPSA) is 118 Å². The summed E-state index contributed by atoms with van der Waals surface area (Å²) < 4.78 is 10.1. The van der Waals surface area contributed by atoms with Crippen molar-refractivity contribution in [2.45, 2.75) is 44.9 Å². The molecule has 166 valence electrons. The number of hydrogen-bond donors (Lipinski definition) is 2. The zero-order valence-electron chi connectivity index (χ0n) is 17.8. The summed E-state index contributed by atoms with van der Waals surface area (Å²) in [6.45, 7) is 6.59. The first-order valence-electron chi connectivity index (χ1n) is 10.4. The Morgan fingerprint density at radius 3 is 2.87 bits per heavy atom. The number of imidazole rings is 1. The average molecular weight is 428 g/mol. The molecule has 2 saturated heterocycles. The molecule has 5 heterocycles. The number of carbonyl (C=O) groups is 1. The van der Waals surface area contributed by atoms with E-state index >= 15 is 0 Å². The SMILES string of the molecule is Cc1cc(C)n2ncc(-c3nccn3[C@H]3C[C@H]4CO[C@@H](CCO)CN4C3)c2n1.O=CO. The summed E-state index contributed by atoms with van der Waals surface area (Å²) in [7, 11) is 0. The molecule has 0 aliphatic carbocycles. The van der Waals surface area contributed by atoms with Gasteiger partial charge in [0.1, 0.15) is 5.82 Å². The lowest BCUT2D eigenvalue weighted by Gasteiger charge is -2.34. The minimum atomic E-state index is -0.250. The van der Waals surface area contributed by atoms with E-state index in [4.69, 9.17) is 19.6 Å². The fourth-order valence-corrected chi connectivity index (χ4v) is 4.68. The molecule has 0 spiro atoms. The molecular formula is C21H28N6O4. The quantitative estimate of drug-likeness (QED) is 0.597. The van der Waals surface area contributed by atoms with Gasteiger partial charge in [-0.25, -0.2) is 14.5 Å². The van der Waals surface area contributed by atoms with Crippen molar-refractivity contribution in [2.24, 2.45) is 0 Å². The number of aliphatic hydroxyl groups excluding tert-OH is 1. The Hall–Kier alpha value is -2.82. The molecule has 0 amide bonds. The van der Waals surface area contributed by atoms with Gasteiger partial charge in [0.15, 0.2) is 5.65 Å². The van der Waals surface area contributed by atoms with Gasteiger partial charge in [0, 0.05) is 55.6 Å². The van der Waals surface area contributed by atoms with Gasteiger partial charge < -0.3 is 19.5 Å². The van der Waals surface area contributed by atoms with E-state index in [1.807, 2.05) is 36.8 Å². The Bertz CT molecular complexity index is 1050. The molecule has 0 unspecified atom stereocenters. The third kappa shape index (κ3) is 4.18. The number of fused-ring (bicyclic) bond motifs is 2.